The third-order valence-electron chi connectivity index (χ3n) is 4.61. The van der Waals surface area contributed by atoms with Gasteiger partial charge in [-0.25, -0.2) is 8.78 Å². The molecular weight excluding hydrogens is 292 g/mol. The first kappa shape index (κ1) is 14.9. The van der Waals surface area contributed by atoms with Gasteiger partial charge in [-0.2, -0.15) is 0 Å². The summed E-state index contributed by atoms with van der Waals surface area (Å²) < 4.78 is 32.0. The fourth-order valence-corrected chi connectivity index (χ4v) is 3.62. The lowest BCUT2D eigenvalue weighted by molar-refractivity contribution is -0.147. The summed E-state index contributed by atoms with van der Waals surface area (Å²) in [5, 5.41) is 0. The molecule has 1 saturated carbocycles. The van der Waals surface area contributed by atoms with E-state index in [1.165, 1.54) is 4.90 Å². The molecule has 2 aliphatic rings. The zero-order valence-corrected chi connectivity index (χ0v) is 12.4. The molecule has 3 rings (SSSR count). The molecule has 1 heterocycles. The summed E-state index contributed by atoms with van der Waals surface area (Å²) >= 11 is 0. The number of anilines is 1. The quantitative estimate of drug-likeness (QED) is 0.802. The first-order chi connectivity index (χ1) is 10.5. The van der Waals surface area contributed by atoms with Crippen molar-refractivity contribution in [2.24, 2.45) is 11.8 Å². The number of alkyl halides is 2. The zero-order chi connectivity index (χ0) is 16.1. The molecule has 6 heteroatoms. The Morgan fingerprint density at radius 2 is 2.09 bits per heavy atom. The van der Waals surface area contributed by atoms with Crippen LogP contribution in [0.5, 0.6) is 0 Å². The van der Waals surface area contributed by atoms with Gasteiger partial charge in [-0.15, -0.1) is 0 Å². The molecule has 3 atom stereocenters. The predicted molar refractivity (Wildman–Crippen MR) is 75.8 cm³/mol. The van der Waals surface area contributed by atoms with Gasteiger partial charge in [0.05, 0.1) is 23.9 Å². The Morgan fingerprint density at radius 3 is 2.73 bits per heavy atom. The standard InChI is InChI=1S/C16H17F2NO3/c1-3-8-22-14(20)12-11(13(17)18)16(12)9-6-4-5-7-10(9)19(2)15(16)21/h4-7,11-13H,3,8H2,1-2H3/t11-,12-,16+/m0/s1. The van der Waals surface area contributed by atoms with E-state index in [1.54, 1.807) is 31.3 Å². The minimum Gasteiger partial charge on any atom is -0.465 e. The van der Waals surface area contributed by atoms with Gasteiger partial charge in [0, 0.05) is 12.7 Å². The van der Waals surface area contributed by atoms with Gasteiger partial charge in [0.2, 0.25) is 12.3 Å². The van der Waals surface area contributed by atoms with E-state index < -0.39 is 35.6 Å². The van der Waals surface area contributed by atoms with Crippen LogP contribution in [-0.4, -0.2) is 32.0 Å². The minimum absolute atomic E-state index is 0.174. The maximum atomic E-state index is 13.5. The number of hydrogen-bond acceptors (Lipinski definition) is 3. The average molecular weight is 309 g/mol. The molecule has 118 valence electrons. The van der Waals surface area contributed by atoms with Crippen molar-refractivity contribution in [1.82, 2.24) is 0 Å². The highest BCUT2D eigenvalue weighted by Gasteiger charge is 2.80. The molecule has 1 aliphatic carbocycles. The Balaban J connectivity index is 2.04. The zero-order valence-electron chi connectivity index (χ0n) is 12.4. The van der Waals surface area contributed by atoms with Gasteiger partial charge in [-0.1, -0.05) is 25.1 Å². The highest BCUT2D eigenvalue weighted by atomic mass is 19.3. The smallest absolute Gasteiger partial charge is 0.310 e. The first-order valence-corrected chi connectivity index (χ1v) is 7.30. The second-order valence-electron chi connectivity index (χ2n) is 5.76. The molecule has 1 aromatic rings. The molecule has 0 bridgehead atoms. The van der Waals surface area contributed by atoms with Gasteiger partial charge >= 0.3 is 5.97 Å². The van der Waals surface area contributed by atoms with E-state index in [9.17, 15) is 18.4 Å². The molecule has 0 aromatic heterocycles. The number of amides is 1. The third kappa shape index (κ3) is 1.72. The first-order valence-electron chi connectivity index (χ1n) is 7.30. The number of rotatable bonds is 4. The number of ether oxygens (including phenoxy) is 1. The number of likely N-dealkylation sites (N-methyl/N-ethyl adjacent to an activating group) is 1. The van der Waals surface area contributed by atoms with Crippen LogP contribution >= 0.6 is 0 Å². The Hall–Kier alpha value is -1.98. The van der Waals surface area contributed by atoms with Gasteiger partial charge < -0.3 is 9.64 Å². The van der Waals surface area contributed by atoms with Crippen molar-refractivity contribution < 1.29 is 23.1 Å². The number of carbonyl (C=O) groups excluding carboxylic acids is 2. The third-order valence-corrected chi connectivity index (χ3v) is 4.61. The van der Waals surface area contributed by atoms with Crippen molar-refractivity contribution in [1.29, 1.82) is 0 Å². The maximum Gasteiger partial charge on any atom is 0.310 e. The van der Waals surface area contributed by atoms with Gasteiger partial charge in [0.1, 0.15) is 0 Å². The van der Waals surface area contributed by atoms with Crippen LogP contribution in [0.3, 0.4) is 0 Å². The number of halogens is 2. The van der Waals surface area contributed by atoms with Crippen molar-refractivity contribution in [3.8, 4) is 0 Å². The molecule has 4 nitrogen and oxygen atoms in total. The van der Waals surface area contributed by atoms with Crippen molar-refractivity contribution in [2.75, 3.05) is 18.6 Å². The van der Waals surface area contributed by atoms with E-state index >= 15 is 0 Å². The average Bonchev–Trinajstić information content (AvgIpc) is 3.17. The van der Waals surface area contributed by atoms with Crippen LogP contribution < -0.4 is 4.90 Å². The number of carbonyl (C=O) groups is 2. The lowest BCUT2D eigenvalue weighted by Gasteiger charge is -2.11. The number of nitrogens with zero attached hydrogens (tertiary/aromatic N) is 1. The molecule has 1 amide bonds. The van der Waals surface area contributed by atoms with Crippen LogP contribution in [0.15, 0.2) is 24.3 Å². The summed E-state index contributed by atoms with van der Waals surface area (Å²) in [5.74, 6) is -3.56. The van der Waals surface area contributed by atoms with E-state index in [2.05, 4.69) is 0 Å². The fourth-order valence-electron chi connectivity index (χ4n) is 3.62. The van der Waals surface area contributed by atoms with Crippen molar-refractivity contribution >= 4 is 17.6 Å². The number of fused-ring (bicyclic) bond motifs is 2. The molecular formula is C16H17F2NO3. The number of benzene rings is 1. The van der Waals surface area contributed by atoms with E-state index in [0.29, 0.717) is 17.7 Å². The number of esters is 1. The van der Waals surface area contributed by atoms with Gasteiger partial charge in [-0.3, -0.25) is 9.59 Å². The van der Waals surface area contributed by atoms with Crippen LogP contribution in [-0.2, 0) is 19.7 Å². The van der Waals surface area contributed by atoms with Crippen molar-refractivity contribution in [3.05, 3.63) is 29.8 Å². The van der Waals surface area contributed by atoms with E-state index in [0.717, 1.165) is 0 Å². The summed E-state index contributed by atoms with van der Waals surface area (Å²) in [6.45, 7) is 2.00. The van der Waals surface area contributed by atoms with E-state index in [-0.39, 0.29) is 6.61 Å². The largest absolute Gasteiger partial charge is 0.465 e. The normalized spacial score (nSPS) is 29.1. The molecule has 0 radical (unpaired) electrons. The molecule has 1 fully saturated rings. The highest BCUT2D eigenvalue weighted by molar-refractivity contribution is 6.14. The molecule has 1 aliphatic heterocycles. The summed E-state index contributed by atoms with van der Waals surface area (Å²) in [5.41, 5.74) is -0.361. The molecule has 1 spiro atoms. The molecule has 0 unspecified atom stereocenters. The van der Waals surface area contributed by atoms with E-state index in [4.69, 9.17) is 4.74 Å². The summed E-state index contributed by atoms with van der Waals surface area (Å²) in [4.78, 5) is 26.2. The number of para-hydroxylation sites is 1. The van der Waals surface area contributed by atoms with Gasteiger partial charge in [0.25, 0.3) is 0 Å². The van der Waals surface area contributed by atoms with Crippen LogP contribution in [0.2, 0.25) is 0 Å². The predicted octanol–water partition coefficient (Wildman–Crippen LogP) is 2.37. The molecule has 0 N–H and O–H groups in total. The Morgan fingerprint density at radius 1 is 1.41 bits per heavy atom. The lowest BCUT2D eigenvalue weighted by Crippen LogP contribution is -2.32. The Labute approximate surface area is 127 Å². The number of hydrogen-bond donors (Lipinski definition) is 0. The molecule has 0 saturated heterocycles. The molecule has 1 aromatic carbocycles. The SMILES string of the molecule is CCCOC(=O)[C@@H]1[C@@H](C(F)F)[C@@]12C(=O)N(C)c1ccccc12. The second kappa shape index (κ2) is 5.04. The summed E-state index contributed by atoms with van der Waals surface area (Å²) in [6, 6.07) is 6.80. The van der Waals surface area contributed by atoms with Crippen LogP contribution in [0.4, 0.5) is 14.5 Å². The Kier molecular flexibility index (Phi) is 3.42. The fraction of sp³-hybridized carbons (Fsp3) is 0.500. The minimum atomic E-state index is -2.75. The van der Waals surface area contributed by atoms with Crippen molar-refractivity contribution in [3.63, 3.8) is 0 Å². The lowest BCUT2D eigenvalue weighted by atomic mass is 9.93. The van der Waals surface area contributed by atoms with Crippen LogP contribution in [0, 0.1) is 11.8 Å². The summed E-state index contributed by atoms with van der Waals surface area (Å²) in [7, 11) is 1.55. The van der Waals surface area contributed by atoms with Crippen LogP contribution in [0.25, 0.3) is 0 Å². The summed E-state index contributed by atoms with van der Waals surface area (Å²) in [6.07, 6.45) is -2.14. The van der Waals surface area contributed by atoms with Crippen molar-refractivity contribution in [2.45, 2.75) is 25.2 Å². The van der Waals surface area contributed by atoms with Crippen LogP contribution in [0.1, 0.15) is 18.9 Å². The van der Waals surface area contributed by atoms with Gasteiger partial charge in [-0.05, 0) is 18.1 Å². The maximum absolute atomic E-state index is 13.5. The van der Waals surface area contributed by atoms with E-state index in [1.807, 2.05) is 6.92 Å². The highest BCUT2D eigenvalue weighted by Crippen LogP contribution is 2.68. The van der Waals surface area contributed by atoms with Gasteiger partial charge in [0.15, 0.2) is 0 Å². The Bertz CT molecular complexity index is 634. The second-order valence-corrected chi connectivity index (χ2v) is 5.76. The monoisotopic (exact) mass is 309 g/mol. The molecule has 22 heavy (non-hydrogen) atoms. The topological polar surface area (TPSA) is 46.6 Å².